The Morgan fingerprint density at radius 3 is 3.00 bits per heavy atom. The predicted octanol–water partition coefficient (Wildman–Crippen LogP) is 1.57. The molecule has 0 aliphatic rings. The van der Waals surface area contributed by atoms with Crippen LogP contribution in [0.4, 0.5) is 0 Å². The van der Waals surface area contributed by atoms with Crippen LogP contribution in [0.2, 0.25) is 0 Å². The average molecular weight is 237 g/mol. The molecule has 0 radical (unpaired) electrons. The number of rotatable bonds is 8. The van der Waals surface area contributed by atoms with Crippen molar-refractivity contribution in [2.24, 2.45) is 0 Å². The van der Waals surface area contributed by atoms with Gasteiger partial charge in [0.15, 0.2) is 0 Å². The summed E-state index contributed by atoms with van der Waals surface area (Å²) < 4.78 is 5.26. The molecule has 0 aromatic carbocycles. The molecular weight excluding hydrogens is 214 g/mol. The zero-order chi connectivity index (χ0) is 12.5. The Labute approximate surface area is 104 Å². The number of methoxy groups -OCH3 is 1. The lowest BCUT2D eigenvalue weighted by atomic mass is 10.2. The molecule has 0 amide bonds. The van der Waals surface area contributed by atoms with Gasteiger partial charge in [-0.05, 0) is 26.0 Å². The zero-order valence-electron chi connectivity index (χ0n) is 11.0. The summed E-state index contributed by atoms with van der Waals surface area (Å²) >= 11 is 0. The molecule has 1 rings (SSSR count). The average Bonchev–Trinajstić information content (AvgIpc) is 2.37. The summed E-state index contributed by atoms with van der Waals surface area (Å²) in [7, 11) is 1.67. The maximum atomic E-state index is 5.26. The summed E-state index contributed by atoms with van der Waals surface area (Å²) in [5, 5.41) is 6.86. The molecule has 1 unspecified atom stereocenters. The van der Waals surface area contributed by atoms with E-state index < -0.39 is 0 Å². The molecule has 17 heavy (non-hydrogen) atoms. The molecule has 0 saturated carbocycles. The van der Waals surface area contributed by atoms with Gasteiger partial charge in [0.05, 0.1) is 13.3 Å². The molecule has 96 valence electrons. The van der Waals surface area contributed by atoms with Crippen LogP contribution in [0.3, 0.4) is 0 Å². The molecule has 1 aromatic heterocycles. The topological polar surface area (TPSA) is 46.2 Å². The van der Waals surface area contributed by atoms with Crippen molar-refractivity contribution in [3.63, 3.8) is 0 Å². The maximum Gasteiger partial charge on any atom is 0.141 e. The SMILES string of the molecule is CCCNCC(C)NCc1ccncc1OC. The fourth-order valence-electron chi connectivity index (χ4n) is 1.59. The number of ether oxygens (including phenoxy) is 1. The van der Waals surface area contributed by atoms with Crippen LogP contribution in [0.25, 0.3) is 0 Å². The third kappa shape index (κ3) is 5.15. The van der Waals surface area contributed by atoms with Crippen LogP contribution in [-0.4, -0.2) is 31.2 Å². The predicted molar refractivity (Wildman–Crippen MR) is 70.3 cm³/mol. The monoisotopic (exact) mass is 237 g/mol. The zero-order valence-corrected chi connectivity index (χ0v) is 11.0. The van der Waals surface area contributed by atoms with Gasteiger partial charge in [0.1, 0.15) is 5.75 Å². The van der Waals surface area contributed by atoms with E-state index in [4.69, 9.17) is 4.74 Å². The normalized spacial score (nSPS) is 12.4. The number of aromatic nitrogens is 1. The summed E-state index contributed by atoms with van der Waals surface area (Å²) in [4.78, 5) is 4.04. The first-order valence-corrected chi connectivity index (χ1v) is 6.19. The summed E-state index contributed by atoms with van der Waals surface area (Å²) in [6.45, 7) is 7.22. The molecule has 0 bridgehead atoms. The van der Waals surface area contributed by atoms with E-state index in [0.717, 1.165) is 30.9 Å². The van der Waals surface area contributed by atoms with Crippen LogP contribution in [0.1, 0.15) is 25.8 Å². The van der Waals surface area contributed by atoms with Crippen molar-refractivity contribution in [2.75, 3.05) is 20.2 Å². The minimum Gasteiger partial charge on any atom is -0.495 e. The van der Waals surface area contributed by atoms with Crippen molar-refractivity contribution in [1.29, 1.82) is 0 Å². The number of nitrogens with one attached hydrogen (secondary N) is 2. The van der Waals surface area contributed by atoms with Crippen molar-refractivity contribution in [1.82, 2.24) is 15.6 Å². The van der Waals surface area contributed by atoms with Gasteiger partial charge < -0.3 is 15.4 Å². The van der Waals surface area contributed by atoms with Gasteiger partial charge in [-0.25, -0.2) is 0 Å². The van der Waals surface area contributed by atoms with Gasteiger partial charge in [0.25, 0.3) is 0 Å². The fourth-order valence-corrected chi connectivity index (χ4v) is 1.59. The molecule has 4 nitrogen and oxygen atoms in total. The number of hydrogen-bond donors (Lipinski definition) is 2. The van der Waals surface area contributed by atoms with E-state index in [1.54, 1.807) is 19.5 Å². The van der Waals surface area contributed by atoms with E-state index in [9.17, 15) is 0 Å². The molecule has 1 heterocycles. The highest BCUT2D eigenvalue weighted by atomic mass is 16.5. The minimum atomic E-state index is 0.444. The second-order valence-electron chi connectivity index (χ2n) is 4.17. The smallest absolute Gasteiger partial charge is 0.141 e. The highest BCUT2D eigenvalue weighted by Crippen LogP contribution is 2.15. The third-order valence-electron chi connectivity index (χ3n) is 2.61. The van der Waals surface area contributed by atoms with Gasteiger partial charge in [-0.1, -0.05) is 6.92 Å². The van der Waals surface area contributed by atoms with Crippen molar-refractivity contribution < 1.29 is 4.74 Å². The lowest BCUT2D eigenvalue weighted by molar-refractivity contribution is 0.403. The second kappa shape index (κ2) is 8.03. The molecule has 0 aliphatic carbocycles. The van der Waals surface area contributed by atoms with Gasteiger partial charge in [-0.3, -0.25) is 4.98 Å². The quantitative estimate of drug-likeness (QED) is 0.674. The Balaban J connectivity index is 2.33. The first-order chi connectivity index (χ1) is 8.27. The van der Waals surface area contributed by atoms with Crippen molar-refractivity contribution >= 4 is 0 Å². The lowest BCUT2D eigenvalue weighted by Crippen LogP contribution is -2.36. The minimum absolute atomic E-state index is 0.444. The van der Waals surface area contributed by atoms with Crippen molar-refractivity contribution in [3.05, 3.63) is 24.0 Å². The Kier molecular flexibility index (Phi) is 6.58. The van der Waals surface area contributed by atoms with Gasteiger partial charge in [0, 0.05) is 30.9 Å². The number of nitrogens with zero attached hydrogens (tertiary/aromatic N) is 1. The van der Waals surface area contributed by atoms with Gasteiger partial charge in [-0.2, -0.15) is 0 Å². The van der Waals surface area contributed by atoms with Crippen LogP contribution >= 0.6 is 0 Å². The largest absolute Gasteiger partial charge is 0.495 e. The molecule has 0 spiro atoms. The van der Waals surface area contributed by atoms with Crippen molar-refractivity contribution in [2.45, 2.75) is 32.9 Å². The molecule has 1 atom stereocenters. The van der Waals surface area contributed by atoms with Crippen LogP contribution in [0, 0.1) is 0 Å². The van der Waals surface area contributed by atoms with Crippen LogP contribution in [0.15, 0.2) is 18.5 Å². The van der Waals surface area contributed by atoms with Gasteiger partial charge in [0.2, 0.25) is 0 Å². The third-order valence-corrected chi connectivity index (χ3v) is 2.61. The van der Waals surface area contributed by atoms with E-state index in [1.165, 1.54) is 6.42 Å². The molecule has 0 aliphatic heterocycles. The maximum absolute atomic E-state index is 5.26. The Bertz CT molecular complexity index is 317. The highest BCUT2D eigenvalue weighted by Gasteiger charge is 2.04. The van der Waals surface area contributed by atoms with Crippen LogP contribution in [-0.2, 0) is 6.54 Å². The van der Waals surface area contributed by atoms with E-state index in [2.05, 4.69) is 29.5 Å². The molecule has 1 aromatic rings. The van der Waals surface area contributed by atoms with E-state index >= 15 is 0 Å². The second-order valence-corrected chi connectivity index (χ2v) is 4.17. The summed E-state index contributed by atoms with van der Waals surface area (Å²) in [5.41, 5.74) is 1.14. The van der Waals surface area contributed by atoms with E-state index in [0.29, 0.717) is 6.04 Å². The number of hydrogen-bond acceptors (Lipinski definition) is 4. The molecular formula is C13H23N3O. The molecule has 0 saturated heterocycles. The Hall–Kier alpha value is -1.13. The number of pyridine rings is 1. The fraction of sp³-hybridized carbons (Fsp3) is 0.615. The summed E-state index contributed by atoms with van der Waals surface area (Å²) in [6, 6.07) is 2.43. The van der Waals surface area contributed by atoms with E-state index in [-0.39, 0.29) is 0 Å². The molecule has 2 N–H and O–H groups in total. The Morgan fingerprint density at radius 2 is 2.29 bits per heavy atom. The van der Waals surface area contributed by atoms with E-state index in [1.807, 2.05) is 6.07 Å². The summed E-state index contributed by atoms with van der Waals surface area (Å²) in [6.07, 6.45) is 4.71. The van der Waals surface area contributed by atoms with Crippen molar-refractivity contribution in [3.8, 4) is 5.75 Å². The van der Waals surface area contributed by atoms with Crippen LogP contribution in [0.5, 0.6) is 5.75 Å². The first kappa shape index (κ1) is 13.9. The van der Waals surface area contributed by atoms with Gasteiger partial charge >= 0.3 is 0 Å². The molecule has 4 heteroatoms. The van der Waals surface area contributed by atoms with Crippen LogP contribution < -0.4 is 15.4 Å². The summed E-state index contributed by atoms with van der Waals surface area (Å²) in [5.74, 6) is 0.841. The van der Waals surface area contributed by atoms with Gasteiger partial charge in [-0.15, -0.1) is 0 Å². The lowest BCUT2D eigenvalue weighted by Gasteiger charge is -2.15. The first-order valence-electron chi connectivity index (χ1n) is 6.19. The molecule has 0 fully saturated rings. The Morgan fingerprint density at radius 1 is 1.47 bits per heavy atom. The standard InChI is InChI=1S/C13H23N3O/c1-4-6-14-8-11(2)16-9-12-5-7-15-10-13(12)17-3/h5,7,10-11,14,16H,4,6,8-9H2,1-3H3. The highest BCUT2D eigenvalue weighted by molar-refractivity contribution is 5.29.